The number of carbonyl (C=O) groups excluding carboxylic acids is 1. The number of rotatable bonds is 6. The lowest BCUT2D eigenvalue weighted by molar-refractivity contribution is 0.0987. The van der Waals surface area contributed by atoms with Gasteiger partial charge in [0.2, 0.25) is 5.89 Å². The Morgan fingerprint density at radius 3 is 3.08 bits per heavy atom. The van der Waals surface area contributed by atoms with Crippen molar-refractivity contribution in [2.75, 3.05) is 6.54 Å². The summed E-state index contributed by atoms with van der Waals surface area (Å²) in [5.74, 6) is -0.527. The molecule has 1 fully saturated rings. The van der Waals surface area contributed by atoms with Gasteiger partial charge in [0.1, 0.15) is 5.82 Å². The quantitative estimate of drug-likeness (QED) is 0.878. The van der Waals surface area contributed by atoms with E-state index in [1.165, 1.54) is 6.07 Å². The molecule has 1 aliphatic heterocycles. The Balaban J connectivity index is 1.64. The van der Waals surface area contributed by atoms with E-state index in [2.05, 4.69) is 22.0 Å². The van der Waals surface area contributed by atoms with Crippen LogP contribution in [0.5, 0.6) is 0 Å². The predicted octanol–water partition coefficient (Wildman–Crippen LogP) is 2.47. The molecule has 6 nitrogen and oxygen atoms in total. The van der Waals surface area contributed by atoms with E-state index in [0.717, 1.165) is 37.8 Å². The van der Waals surface area contributed by atoms with Gasteiger partial charge in [-0.2, -0.15) is 4.98 Å². The molecule has 2 atom stereocenters. The molecule has 0 radical (unpaired) electrons. The van der Waals surface area contributed by atoms with Crippen LogP contribution in [0.2, 0.25) is 0 Å². The number of aromatic nitrogens is 2. The first-order valence-corrected chi connectivity index (χ1v) is 8.18. The fraction of sp³-hybridized carbons (Fsp3) is 0.471. The van der Waals surface area contributed by atoms with Crippen LogP contribution in [0.1, 0.15) is 54.3 Å². The smallest absolute Gasteiger partial charge is 0.290 e. The highest BCUT2D eigenvalue weighted by atomic mass is 19.1. The minimum Gasteiger partial charge on any atom is -0.363 e. The van der Waals surface area contributed by atoms with Gasteiger partial charge in [0.25, 0.3) is 11.7 Å². The molecule has 1 saturated heterocycles. The van der Waals surface area contributed by atoms with Crippen molar-refractivity contribution in [2.24, 2.45) is 5.73 Å². The highest BCUT2D eigenvalue weighted by molar-refractivity contribution is 5.88. The molecule has 2 heterocycles. The Morgan fingerprint density at radius 1 is 1.54 bits per heavy atom. The first-order valence-electron chi connectivity index (χ1n) is 8.18. The summed E-state index contributed by atoms with van der Waals surface area (Å²) in [6.07, 6.45) is 3.64. The van der Waals surface area contributed by atoms with Crippen LogP contribution in [-0.4, -0.2) is 33.5 Å². The van der Waals surface area contributed by atoms with E-state index < -0.39 is 5.91 Å². The van der Waals surface area contributed by atoms with Crippen molar-refractivity contribution in [3.63, 3.8) is 0 Å². The van der Waals surface area contributed by atoms with E-state index in [4.69, 9.17) is 10.3 Å². The second-order valence-electron chi connectivity index (χ2n) is 6.23. The van der Waals surface area contributed by atoms with Gasteiger partial charge in [-0.3, -0.25) is 9.69 Å². The van der Waals surface area contributed by atoms with Crippen molar-refractivity contribution in [3.05, 3.63) is 47.4 Å². The molecule has 0 aliphatic carbocycles. The number of hydrogen-bond donors (Lipinski definition) is 1. The van der Waals surface area contributed by atoms with E-state index >= 15 is 0 Å². The Bertz CT molecular complexity index is 718. The standard InChI is InChI=1S/C17H21FN4O2/c1-11(7-8-12-4-2-5-13(18)10-12)22-9-3-6-14(22)17-20-16(15(19)23)21-24-17/h2,4-5,10-11,14H,3,6-9H2,1H3,(H2,19,23)/t11-,14+/m1/s1. The highest BCUT2D eigenvalue weighted by Gasteiger charge is 2.33. The van der Waals surface area contributed by atoms with Crippen molar-refractivity contribution < 1.29 is 13.7 Å². The summed E-state index contributed by atoms with van der Waals surface area (Å²) in [6, 6.07) is 6.99. The third-order valence-electron chi connectivity index (χ3n) is 4.55. The highest BCUT2D eigenvalue weighted by Crippen LogP contribution is 2.33. The summed E-state index contributed by atoms with van der Waals surface area (Å²) >= 11 is 0. The van der Waals surface area contributed by atoms with Gasteiger partial charge in [0, 0.05) is 6.04 Å². The van der Waals surface area contributed by atoms with Crippen molar-refractivity contribution in [1.82, 2.24) is 15.0 Å². The van der Waals surface area contributed by atoms with Gasteiger partial charge in [-0.1, -0.05) is 17.3 Å². The Kier molecular flexibility index (Phi) is 4.89. The average Bonchev–Trinajstić information content (AvgIpc) is 3.21. The monoisotopic (exact) mass is 332 g/mol. The molecule has 24 heavy (non-hydrogen) atoms. The molecular weight excluding hydrogens is 311 g/mol. The zero-order valence-electron chi connectivity index (χ0n) is 13.6. The molecule has 2 aromatic rings. The lowest BCUT2D eigenvalue weighted by Crippen LogP contribution is -2.33. The summed E-state index contributed by atoms with van der Waals surface area (Å²) in [7, 11) is 0. The summed E-state index contributed by atoms with van der Waals surface area (Å²) in [5.41, 5.74) is 6.17. The minimum atomic E-state index is -0.686. The number of likely N-dealkylation sites (tertiary alicyclic amines) is 1. The predicted molar refractivity (Wildman–Crippen MR) is 85.7 cm³/mol. The zero-order valence-corrected chi connectivity index (χ0v) is 13.6. The zero-order chi connectivity index (χ0) is 17.1. The van der Waals surface area contributed by atoms with Crippen LogP contribution in [0.25, 0.3) is 0 Å². The normalized spacial score (nSPS) is 19.5. The van der Waals surface area contributed by atoms with Gasteiger partial charge in [0.15, 0.2) is 0 Å². The summed E-state index contributed by atoms with van der Waals surface area (Å²) in [5, 5.41) is 3.63. The van der Waals surface area contributed by atoms with Crippen LogP contribution < -0.4 is 5.73 Å². The maximum atomic E-state index is 13.3. The van der Waals surface area contributed by atoms with Crippen LogP contribution in [-0.2, 0) is 6.42 Å². The van der Waals surface area contributed by atoms with E-state index in [1.54, 1.807) is 12.1 Å². The number of benzene rings is 1. The number of nitrogens with two attached hydrogens (primary N) is 1. The van der Waals surface area contributed by atoms with Gasteiger partial charge in [-0.15, -0.1) is 0 Å². The van der Waals surface area contributed by atoms with Crippen molar-refractivity contribution in [3.8, 4) is 0 Å². The maximum Gasteiger partial charge on any atom is 0.290 e. The number of hydrogen-bond acceptors (Lipinski definition) is 5. The Morgan fingerprint density at radius 2 is 2.38 bits per heavy atom. The fourth-order valence-electron chi connectivity index (χ4n) is 3.29. The van der Waals surface area contributed by atoms with Crippen molar-refractivity contribution in [1.29, 1.82) is 0 Å². The lowest BCUT2D eigenvalue weighted by Gasteiger charge is -2.28. The van der Waals surface area contributed by atoms with E-state index in [1.807, 2.05) is 6.07 Å². The lowest BCUT2D eigenvalue weighted by atomic mass is 10.0. The number of aryl methyl sites for hydroxylation is 1. The summed E-state index contributed by atoms with van der Waals surface area (Å²) in [6.45, 7) is 3.08. The molecule has 7 heteroatoms. The number of primary amides is 1. The van der Waals surface area contributed by atoms with E-state index in [0.29, 0.717) is 5.89 Å². The minimum absolute atomic E-state index is 0.00751. The molecule has 128 valence electrons. The molecular formula is C17H21FN4O2. The van der Waals surface area contributed by atoms with Gasteiger partial charge in [-0.05, 0) is 56.8 Å². The third-order valence-corrected chi connectivity index (χ3v) is 4.55. The van der Waals surface area contributed by atoms with E-state index in [9.17, 15) is 9.18 Å². The van der Waals surface area contributed by atoms with Gasteiger partial charge in [-0.25, -0.2) is 4.39 Å². The third kappa shape index (κ3) is 3.62. The van der Waals surface area contributed by atoms with Crippen molar-refractivity contribution in [2.45, 2.75) is 44.7 Å². The summed E-state index contributed by atoms with van der Waals surface area (Å²) < 4.78 is 18.5. The molecule has 1 aliphatic rings. The first kappa shape index (κ1) is 16.6. The van der Waals surface area contributed by atoms with Crippen LogP contribution in [0, 0.1) is 5.82 Å². The topological polar surface area (TPSA) is 85.3 Å². The molecule has 2 N–H and O–H groups in total. The SMILES string of the molecule is C[C@H](CCc1cccc(F)c1)N1CCC[C@H]1c1nc(C(N)=O)no1. The molecule has 1 aromatic carbocycles. The second kappa shape index (κ2) is 7.09. The van der Waals surface area contributed by atoms with Gasteiger partial charge in [0.05, 0.1) is 6.04 Å². The number of nitrogens with zero attached hydrogens (tertiary/aromatic N) is 3. The average molecular weight is 332 g/mol. The Hall–Kier alpha value is -2.28. The molecule has 0 spiro atoms. The van der Waals surface area contributed by atoms with Crippen LogP contribution >= 0.6 is 0 Å². The molecule has 0 unspecified atom stereocenters. The molecule has 0 saturated carbocycles. The number of halogens is 1. The number of carbonyl (C=O) groups is 1. The number of amides is 1. The van der Waals surface area contributed by atoms with Crippen LogP contribution in [0.4, 0.5) is 4.39 Å². The Labute approximate surface area is 139 Å². The first-order chi connectivity index (χ1) is 11.5. The molecule has 1 amide bonds. The maximum absolute atomic E-state index is 13.3. The largest absolute Gasteiger partial charge is 0.363 e. The fourth-order valence-corrected chi connectivity index (χ4v) is 3.29. The van der Waals surface area contributed by atoms with Gasteiger partial charge >= 0.3 is 0 Å². The molecule has 1 aromatic heterocycles. The van der Waals surface area contributed by atoms with Crippen LogP contribution in [0.15, 0.2) is 28.8 Å². The van der Waals surface area contributed by atoms with Crippen LogP contribution in [0.3, 0.4) is 0 Å². The van der Waals surface area contributed by atoms with E-state index in [-0.39, 0.29) is 23.7 Å². The summed E-state index contributed by atoms with van der Waals surface area (Å²) in [4.78, 5) is 17.5. The molecule has 3 rings (SSSR count). The van der Waals surface area contributed by atoms with Crippen molar-refractivity contribution >= 4 is 5.91 Å². The van der Waals surface area contributed by atoms with Gasteiger partial charge < -0.3 is 10.3 Å². The molecule has 0 bridgehead atoms. The second-order valence-corrected chi connectivity index (χ2v) is 6.23.